The summed E-state index contributed by atoms with van der Waals surface area (Å²) in [4.78, 5) is 24.2. The van der Waals surface area contributed by atoms with Gasteiger partial charge in [0.1, 0.15) is 17.7 Å². The first-order chi connectivity index (χ1) is 11.3. The molecule has 8 heteroatoms. The third-order valence-corrected chi connectivity index (χ3v) is 4.65. The molecule has 5 nitrogen and oxygen atoms in total. The Morgan fingerprint density at radius 3 is 2.67 bits per heavy atom. The van der Waals surface area contributed by atoms with Crippen molar-refractivity contribution in [3.8, 4) is 5.75 Å². The molecule has 1 aromatic rings. The van der Waals surface area contributed by atoms with Crippen molar-refractivity contribution in [1.29, 1.82) is 0 Å². The average molecular weight is 342 g/mol. The SMILES string of the molecule is O=C(NC1CCc2c(O)cccc21)C1CCC(C(F)(F)F)NC1=O. The van der Waals surface area contributed by atoms with Crippen LogP contribution in [0.15, 0.2) is 18.2 Å². The van der Waals surface area contributed by atoms with E-state index in [0.29, 0.717) is 12.8 Å². The van der Waals surface area contributed by atoms with E-state index in [4.69, 9.17) is 0 Å². The first-order valence-corrected chi connectivity index (χ1v) is 7.75. The van der Waals surface area contributed by atoms with Crippen molar-refractivity contribution in [2.45, 2.75) is 43.9 Å². The molecule has 24 heavy (non-hydrogen) atoms. The second-order valence-corrected chi connectivity index (χ2v) is 6.18. The number of aromatic hydroxyl groups is 1. The van der Waals surface area contributed by atoms with Gasteiger partial charge >= 0.3 is 6.18 Å². The van der Waals surface area contributed by atoms with E-state index in [2.05, 4.69) is 5.32 Å². The molecule has 1 heterocycles. The van der Waals surface area contributed by atoms with Crippen molar-refractivity contribution in [1.82, 2.24) is 10.6 Å². The molecule has 0 bridgehead atoms. The number of phenolic OH excluding ortho intramolecular Hbond substituents is 1. The molecule has 3 N–H and O–H groups in total. The summed E-state index contributed by atoms with van der Waals surface area (Å²) >= 11 is 0. The minimum Gasteiger partial charge on any atom is -0.508 e. The zero-order chi connectivity index (χ0) is 17.5. The molecule has 0 saturated carbocycles. The molecular weight excluding hydrogens is 325 g/mol. The smallest absolute Gasteiger partial charge is 0.408 e. The van der Waals surface area contributed by atoms with Gasteiger partial charge in [0.2, 0.25) is 11.8 Å². The Bertz CT molecular complexity index is 675. The summed E-state index contributed by atoms with van der Waals surface area (Å²) in [6, 6.07) is 2.79. The molecule has 1 fully saturated rings. The highest BCUT2D eigenvalue weighted by Crippen LogP contribution is 2.36. The average Bonchev–Trinajstić information content (AvgIpc) is 2.90. The second-order valence-electron chi connectivity index (χ2n) is 6.18. The Morgan fingerprint density at radius 2 is 2.00 bits per heavy atom. The lowest BCUT2D eigenvalue weighted by Gasteiger charge is -2.30. The van der Waals surface area contributed by atoms with Crippen molar-refractivity contribution >= 4 is 11.8 Å². The van der Waals surface area contributed by atoms with Gasteiger partial charge in [0, 0.05) is 0 Å². The Labute approximate surface area is 136 Å². The molecular formula is C16H17F3N2O3. The molecule has 3 rings (SSSR count). The Morgan fingerprint density at radius 1 is 1.25 bits per heavy atom. The quantitative estimate of drug-likeness (QED) is 0.719. The minimum absolute atomic E-state index is 0.137. The summed E-state index contributed by atoms with van der Waals surface area (Å²) < 4.78 is 37.9. The molecule has 0 aromatic heterocycles. The molecule has 3 atom stereocenters. The topological polar surface area (TPSA) is 78.4 Å². The summed E-state index contributed by atoms with van der Waals surface area (Å²) in [5.41, 5.74) is 1.54. The van der Waals surface area contributed by atoms with Crippen LogP contribution in [0.2, 0.25) is 0 Å². The van der Waals surface area contributed by atoms with Gasteiger partial charge in [-0.25, -0.2) is 0 Å². The lowest BCUT2D eigenvalue weighted by Crippen LogP contribution is -2.54. The number of nitrogens with one attached hydrogen (secondary N) is 2. The first kappa shape index (κ1) is 16.6. The van der Waals surface area contributed by atoms with Gasteiger partial charge in [-0.1, -0.05) is 12.1 Å². The summed E-state index contributed by atoms with van der Waals surface area (Å²) in [6.07, 6.45) is -3.77. The van der Waals surface area contributed by atoms with Gasteiger partial charge < -0.3 is 15.7 Å². The Kier molecular flexibility index (Phi) is 4.15. The van der Waals surface area contributed by atoms with Gasteiger partial charge in [-0.2, -0.15) is 13.2 Å². The summed E-state index contributed by atoms with van der Waals surface area (Å²) in [5, 5.41) is 14.4. The fraction of sp³-hybridized carbons (Fsp3) is 0.500. The Balaban J connectivity index is 1.65. The highest BCUT2D eigenvalue weighted by molar-refractivity contribution is 6.01. The summed E-state index contributed by atoms with van der Waals surface area (Å²) in [5.74, 6) is -2.43. The molecule has 1 saturated heterocycles. The molecule has 130 valence electrons. The number of hydrogen-bond donors (Lipinski definition) is 3. The summed E-state index contributed by atoms with van der Waals surface area (Å²) in [6.45, 7) is 0. The van der Waals surface area contributed by atoms with Crippen LogP contribution in [0.3, 0.4) is 0 Å². The van der Waals surface area contributed by atoms with Crippen LogP contribution in [0.5, 0.6) is 5.75 Å². The van der Waals surface area contributed by atoms with Crippen LogP contribution in [0.25, 0.3) is 0 Å². The van der Waals surface area contributed by atoms with Gasteiger partial charge in [0.05, 0.1) is 6.04 Å². The fourth-order valence-corrected chi connectivity index (χ4v) is 3.36. The Hall–Kier alpha value is -2.25. The maximum absolute atomic E-state index is 12.6. The van der Waals surface area contributed by atoms with Crippen LogP contribution in [0, 0.1) is 5.92 Å². The molecule has 0 radical (unpaired) electrons. The lowest BCUT2D eigenvalue weighted by atomic mass is 9.92. The maximum atomic E-state index is 12.6. The molecule has 1 aromatic carbocycles. The fourth-order valence-electron chi connectivity index (χ4n) is 3.36. The standard InChI is InChI=1S/C16H17F3N2O3/c17-16(18,19)13-7-5-10(15(24)21-13)14(23)20-11-6-4-9-8(11)2-1-3-12(9)22/h1-3,10-11,13,22H,4-7H2,(H,20,23)(H,21,24). The normalized spacial score (nSPS) is 26.6. The summed E-state index contributed by atoms with van der Waals surface area (Å²) in [7, 11) is 0. The van der Waals surface area contributed by atoms with Crippen LogP contribution in [0.1, 0.15) is 36.4 Å². The number of piperidine rings is 1. The highest BCUT2D eigenvalue weighted by atomic mass is 19.4. The molecule has 1 aliphatic heterocycles. The third kappa shape index (κ3) is 3.05. The van der Waals surface area contributed by atoms with E-state index in [-0.39, 0.29) is 24.6 Å². The molecule has 2 amide bonds. The van der Waals surface area contributed by atoms with E-state index in [1.165, 1.54) is 0 Å². The van der Waals surface area contributed by atoms with Gasteiger partial charge in [0.15, 0.2) is 0 Å². The van der Waals surface area contributed by atoms with Crippen LogP contribution >= 0.6 is 0 Å². The van der Waals surface area contributed by atoms with Gasteiger partial charge in [-0.05, 0) is 42.9 Å². The van der Waals surface area contributed by atoms with E-state index in [1.54, 1.807) is 18.2 Å². The first-order valence-electron chi connectivity index (χ1n) is 7.75. The zero-order valence-electron chi connectivity index (χ0n) is 12.7. The monoisotopic (exact) mass is 342 g/mol. The number of phenols is 1. The van der Waals surface area contributed by atoms with Crippen LogP contribution in [-0.4, -0.2) is 29.1 Å². The number of benzene rings is 1. The predicted octanol–water partition coefficient (Wildman–Crippen LogP) is 1.95. The highest BCUT2D eigenvalue weighted by Gasteiger charge is 2.46. The van der Waals surface area contributed by atoms with E-state index in [0.717, 1.165) is 11.1 Å². The van der Waals surface area contributed by atoms with Gasteiger partial charge in [0.25, 0.3) is 0 Å². The second kappa shape index (κ2) is 5.99. The third-order valence-electron chi connectivity index (χ3n) is 4.65. The molecule has 0 spiro atoms. The van der Waals surface area contributed by atoms with E-state index >= 15 is 0 Å². The number of fused-ring (bicyclic) bond motifs is 1. The van der Waals surface area contributed by atoms with Gasteiger partial charge in [-0.3, -0.25) is 9.59 Å². The zero-order valence-corrected chi connectivity index (χ0v) is 12.7. The van der Waals surface area contributed by atoms with Crippen molar-refractivity contribution in [2.75, 3.05) is 0 Å². The van der Waals surface area contributed by atoms with Crippen molar-refractivity contribution in [2.24, 2.45) is 5.92 Å². The molecule has 3 unspecified atom stereocenters. The number of carbonyl (C=O) groups is 2. The number of carbonyl (C=O) groups excluding carboxylic acids is 2. The van der Waals surface area contributed by atoms with E-state index < -0.39 is 30.0 Å². The number of rotatable bonds is 2. The van der Waals surface area contributed by atoms with Crippen molar-refractivity contribution in [3.63, 3.8) is 0 Å². The van der Waals surface area contributed by atoms with E-state index in [1.807, 2.05) is 5.32 Å². The molecule has 1 aliphatic carbocycles. The van der Waals surface area contributed by atoms with Gasteiger partial charge in [-0.15, -0.1) is 0 Å². The number of hydrogen-bond acceptors (Lipinski definition) is 3. The maximum Gasteiger partial charge on any atom is 0.408 e. The van der Waals surface area contributed by atoms with E-state index in [9.17, 15) is 27.9 Å². The number of alkyl halides is 3. The predicted molar refractivity (Wildman–Crippen MR) is 78.0 cm³/mol. The number of amides is 2. The number of halogens is 3. The lowest BCUT2D eigenvalue weighted by molar-refractivity contribution is -0.171. The van der Waals surface area contributed by atoms with Crippen LogP contribution in [0.4, 0.5) is 13.2 Å². The van der Waals surface area contributed by atoms with Crippen LogP contribution in [-0.2, 0) is 16.0 Å². The van der Waals surface area contributed by atoms with Crippen molar-refractivity contribution < 1.29 is 27.9 Å². The minimum atomic E-state index is -4.50. The van der Waals surface area contributed by atoms with Crippen LogP contribution < -0.4 is 10.6 Å². The largest absolute Gasteiger partial charge is 0.508 e. The molecule has 2 aliphatic rings. The van der Waals surface area contributed by atoms with Crippen molar-refractivity contribution in [3.05, 3.63) is 29.3 Å².